The molecule has 0 saturated carbocycles. The van der Waals surface area contributed by atoms with Gasteiger partial charge in [0.05, 0.1) is 12.6 Å². The van der Waals surface area contributed by atoms with E-state index in [9.17, 15) is 4.79 Å². The minimum Gasteiger partial charge on any atom is -0.441 e. The van der Waals surface area contributed by atoms with Crippen LogP contribution in [0.3, 0.4) is 0 Å². The predicted molar refractivity (Wildman–Crippen MR) is 104 cm³/mol. The van der Waals surface area contributed by atoms with Gasteiger partial charge in [-0.15, -0.1) is 0 Å². The van der Waals surface area contributed by atoms with E-state index in [4.69, 9.17) is 9.15 Å². The van der Waals surface area contributed by atoms with Crippen LogP contribution < -0.4 is 0 Å². The Kier molecular flexibility index (Phi) is 4.94. The van der Waals surface area contributed by atoms with Crippen LogP contribution in [-0.4, -0.2) is 36.6 Å². The number of benzene rings is 2. The summed E-state index contributed by atoms with van der Waals surface area (Å²) in [5, 5.41) is 0. The van der Waals surface area contributed by atoms with Crippen molar-refractivity contribution in [3.05, 3.63) is 65.0 Å². The first-order valence-corrected chi connectivity index (χ1v) is 9.40. The van der Waals surface area contributed by atoms with E-state index in [0.29, 0.717) is 30.1 Å². The maximum atomic E-state index is 13.1. The van der Waals surface area contributed by atoms with Gasteiger partial charge in [0.2, 0.25) is 0 Å². The highest BCUT2D eigenvalue weighted by molar-refractivity contribution is 5.97. The highest BCUT2D eigenvalue weighted by atomic mass is 16.5. The molecule has 0 spiro atoms. The molecule has 0 fully saturated rings. The summed E-state index contributed by atoms with van der Waals surface area (Å²) < 4.78 is 10.9. The monoisotopic (exact) mass is 364 g/mol. The first-order chi connectivity index (χ1) is 13.2. The molecule has 5 heteroatoms. The molecule has 5 nitrogen and oxygen atoms in total. The summed E-state index contributed by atoms with van der Waals surface area (Å²) in [6, 6.07) is 14.0. The molecular formula is C22H24N2O3. The average molecular weight is 364 g/mol. The molecule has 0 radical (unpaired) electrons. The summed E-state index contributed by atoms with van der Waals surface area (Å²) in [5.74, 6) is 0.638. The highest BCUT2D eigenvalue weighted by Gasteiger charge is 2.27. The fourth-order valence-electron chi connectivity index (χ4n) is 3.88. The molecule has 0 N–H and O–H groups in total. The van der Waals surface area contributed by atoms with Crippen LogP contribution in [0.1, 0.15) is 46.3 Å². The molecule has 1 aliphatic rings. The van der Waals surface area contributed by atoms with Gasteiger partial charge >= 0.3 is 0 Å². The molecule has 1 aliphatic carbocycles. The number of ether oxygens (including phenoxy) is 1. The van der Waals surface area contributed by atoms with E-state index in [-0.39, 0.29) is 11.9 Å². The van der Waals surface area contributed by atoms with Crippen molar-refractivity contribution in [1.29, 1.82) is 0 Å². The molecule has 27 heavy (non-hydrogen) atoms. The number of amides is 1. The fraction of sp³-hybridized carbons (Fsp3) is 0.364. The molecule has 1 heterocycles. The van der Waals surface area contributed by atoms with Gasteiger partial charge in [-0.1, -0.05) is 24.3 Å². The van der Waals surface area contributed by atoms with Gasteiger partial charge in [0.25, 0.3) is 5.91 Å². The molecule has 1 amide bonds. The lowest BCUT2D eigenvalue weighted by Crippen LogP contribution is -2.33. The third kappa shape index (κ3) is 3.47. The van der Waals surface area contributed by atoms with Gasteiger partial charge in [0.1, 0.15) is 5.52 Å². The van der Waals surface area contributed by atoms with Crippen LogP contribution in [0.2, 0.25) is 0 Å². The van der Waals surface area contributed by atoms with Gasteiger partial charge in [-0.3, -0.25) is 4.79 Å². The fourth-order valence-corrected chi connectivity index (χ4v) is 3.88. The van der Waals surface area contributed by atoms with Crippen LogP contribution in [0.25, 0.3) is 11.1 Å². The molecule has 1 atom stereocenters. The lowest BCUT2D eigenvalue weighted by atomic mass is 9.87. The number of aryl methyl sites for hydroxylation is 1. The smallest absolute Gasteiger partial charge is 0.254 e. The number of oxazole rings is 1. The van der Waals surface area contributed by atoms with Crippen LogP contribution in [0, 0.1) is 0 Å². The standard InChI is InChI=1S/C22H24N2O3/c1-24(19-9-5-7-15-6-3-4-8-17(15)19)22(25)16-10-11-18-20(14-16)27-21(23-18)12-13-26-2/h3-4,6,8,10-11,14,19H,5,7,9,12-13H2,1-2H3. The molecular weight excluding hydrogens is 340 g/mol. The van der Waals surface area contributed by atoms with Crippen molar-refractivity contribution in [3.63, 3.8) is 0 Å². The highest BCUT2D eigenvalue weighted by Crippen LogP contribution is 2.34. The molecule has 1 aromatic heterocycles. The van der Waals surface area contributed by atoms with Gasteiger partial charge in [0, 0.05) is 26.1 Å². The van der Waals surface area contributed by atoms with E-state index in [0.717, 1.165) is 24.8 Å². The number of carbonyl (C=O) groups excluding carboxylic acids is 1. The number of fused-ring (bicyclic) bond motifs is 2. The number of methoxy groups -OCH3 is 1. The van der Waals surface area contributed by atoms with Crippen LogP contribution in [0.5, 0.6) is 0 Å². The van der Waals surface area contributed by atoms with Crippen molar-refractivity contribution < 1.29 is 13.9 Å². The second kappa shape index (κ2) is 7.53. The Labute approximate surface area is 158 Å². The predicted octanol–water partition coefficient (Wildman–Crippen LogP) is 4.17. The van der Waals surface area contributed by atoms with Gasteiger partial charge in [-0.25, -0.2) is 4.98 Å². The Balaban J connectivity index is 1.59. The number of hydrogen-bond donors (Lipinski definition) is 0. The Hall–Kier alpha value is -2.66. The molecule has 3 aromatic rings. The number of nitrogens with zero attached hydrogens (tertiary/aromatic N) is 2. The second-order valence-corrected chi connectivity index (χ2v) is 7.06. The Morgan fingerprint density at radius 2 is 2.15 bits per heavy atom. The summed E-state index contributed by atoms with van der Waals surface area (Å²) >= 11 is 0. The van der Waals surface area contributed by atoms with Crippen LogP contribution in [0.15, 0.2) is 46.9 Å². The minimum atomic E-state index is 0.00782. The summed E-state index contributed by atoms with van der Waals surface area (Å²) in [7, 11) is 3.54. The van der Waals surface area contributed by atoms with Crippen LogP contribution in [-0.2, 0) is 17.6 Å². The number of carbonyl (C=O) groups is 1. The molecule has 0 bridgehead atoms. The topological polar surface area (TPSA) is 55.6 Å². The summed E-state index contributed by atoms with van der Waals surface area (Å²) in [6.45, 7) is 0.558. The SMILES string of the molecule is COCCc1nc2ccc(C(=O)N(C)C3CCCc4ccccc43)cc2o1. The molecule has 1 unspecified atom stereocenters. The molecule has 140 valence electrons. The van der Waals surface area contributed by atoms with Crippen molar-refractivity contribution >= 4 is 17.0 Å². The Morgan fingerprint density at radius 1 is 1.30 bits per heavy atom. The average Bonchev–Trinajstić information content (AvgIpc) is 3.12. The normalized spacial score (nSPS) is 16.3. The molecule has 0 aliphatic heterocycles. The minimum absolute atomic E-state index is 0.00782. The van der Waals surface area contributed by atoms with Crippen LogP contribution >= 0.6 is 0 Å². The van der Waals surface area contributed by atoms with Gasteiger partial charge in [-0.2, -0.15) is 0 Å². The summed E-state index contributed by atoms with van der Waals surface area (Å²) in [4.78, 5) is 19.4. The molecule has 2 aromatic carbocycles. The molecule has 4 rings (SSSR count). The van der Waals surface area contributed by atoms with Crippen molar-refractivity contribution in [3.8, 4) is 0 Å². The lowest BCUT2D eigenvalue weighted by Gasteiger charge is -2.33. The van der Waals surface area contributed by atoms with Crippen molar-refractivity contribution in [1.82, 2.24) is 9.88 Å². The van der Waals surface area contributed by atoms with E-state index in [1.807, 2.05) is 24.1 Å². The quantitative estimate of drug-likeness (QED) is 0.682. The van der Waals surface area contributed by atoms with Crippen molar-refractivity contribution in [2.45, 2.75) is 31.7 Å². The number of hydrogen-bond acceptors (Lipinski definition) is 4. The Bertz CT molecular complexity index is 963. The third-order valence-corrected chi connectivity index (χ3v) is 5.33. The van der Waals surface area contributed by atoms with Crippen LogP contribution in [0.4, 0.5) is 0 Å². The number of rotatable bonds is 5. The lowest BCUT2D eigenvalue weighted by molar-refractivity contribution is 0.0715. The van der Waals surface area contributed by atoms with Gasteiger partial charge in [-0.05, 0) is 48.6 Å². The van der Waals surface area contributed by atoms with E-state index in [1.165, 1.54) is 11.1 Å². The summed E-state index contributed by atoms with van der Waals surface area (Å²) in [5.41, 5.74) is 4.65. The molecule has 0 saturated heterocycles. The first-order valence-electron chi connectivity index (χ1n) is 9.40. The van der Waals surface area contributed by atoms with Crippen molar-refractivity contribution in [2.24, 2.45) is 0 Å². The maximum absolute atomic E-state index is 13.1. The Morgan fingerprint density at radius 3 is 3.00 bits per heavy atom. The van der Waals surface area contributed by atoms with E-state index in [1.54, 1.807) is 13.2 Å². The van der Waals surface area contributed by atoms with E-state index < -0.39 is 0 Å². The number of aromatic nitrogens is 1. The van der Waals surface area contributed by atoms with E-state index >= 15 is 0 Å². The largest absolute Gasteiger partial charge is 0.441 e. The second-order valence-electron chi connectivity index (χ2n) is 7.06. The van der Waals surface area contributed by atoms with Gasteiger partial charge in [0.15, 0.2) is 11.5 Å². The summed E-state index contributed by atoms with van der Waals surface area (Å²) in [6.07, 6.45) is 3.80. The third-order valence-electron chi connectivity index (χ3n) is 5.33. The maximum Gasteiger partial charge on any atom is 0.254 e. The zero-order valence-corrected chi connectivity index (χ0v) is 15.8. The van der Waals surface area contributed by atoms with Crippen molar-refractivity contribution in [2.75, 3.05) is 20.8 Å². The van der Waals surface area contributed by atoms with Gasteiger partial charge < -0.3 is 14.1 Å². The zero-order valence-electron chi connectivity index (χ0n) is 15.8. The van der Waals surface area contributed by atoms with E-state index in [2.05, 4.69) is 29.2 Å². The first kappa shape index (κ1) is 17.7. The zero-order chi connectivity index (χ0) is 18.8.